The molecule has 1 atom stereocenters. The molecule has 0 spiro atoms. The van der Waals surface area contributed by atoms with E-state index in [1.807, 2.05) is 24.0 Å². The first-order valence-corrected chi connectivity index (χ1v) is 8.63. The number of benzene rings is 1. The summed E-state index contributed by atoms with van der Waals surface area (Å²) in [5.74, 6) is 0. The second kappa shape index (κ2) is 6.98. The quantitative estimate of drug-likeness (QED) is 0.729. The van der Waals surface area contributed by atoms with Crippen LogP contribution < -0.4 is 11.1 Å². The summed E-state index contributed by atoms with van der Waals surface area (Å²) in [6.07, 6.45) is 2.83. The number of hydrogen-bond acceptors (Lipinski definition) is 4. The highest BCUT2D eigenvalue weighted by Gasteiger charge is 2.12. The Morgan fingerprint density at radius 1 is 1.30 bits per heavy atom. The van der Waals surface area contributed by atoms with E-state index in [0.29, 0.717) is 6.54 Å². The van der Waals surface area contributed by atoms with E-state index in [-0.39, 0.29) is 6.04 Å². The Labute approximate surface area is 141 Å². The topological polar surface area (TPSA) is 55.9 Å². The molecule has 0 aliphatic rings. The molecule has 23 heavy (non-hydrogen) atoms. The Bertz CT molecular complexity index is 741. The molecule has 3 rings (SSSR count). The average molecular weight is 326 g/mol. The lowest BCUT2D eigenvalue weighted by Crippen LogP contribution is -2.30. The predicted molar refractivity (Wildman–Crippen MR) is 97.9 cm³/mol. The van der Waals surface area contributed by atoms with Crippen LogP contribution in [-0.4, -0.2) is 22.4 Å². The first-order chi connectivity index (χ1) is 11.2. The maximum Gasteiger partial charge on any atom is 0.0892 e. The third kappa shape index (κ3) is 3.63. The lowest BCUT2D eigenvalue weighted by molar-refractivity contribution is 0.726. The molecule has 3 aromatic rings. The van der Waals surface area contributed by atoms with Gasteiger partial charge in [0.2, 0.25) is 0 Å². The number of aryl methyl sites for hydroxylation is 2. The molecule has 3 N–H and O–H groups in total. The molecule has 120 valence electrons. The van der Waals surface area contributed by atoms with Crippen LogP contribution in [0.2, 0.25) is 0 Å². The van der Waals surface area contributed by atoms with Gasteiger partial charge in [-0.05, 0) is 30.5 Å². The molecular weight excluding hydrogens is 304 g/mol. The van der Waals surface area contributed by atoms with Crippen LogP contribution in [0.25, 0.3) is 11.3 Å². The highest BCUT2D eigenvalue weighted by Crippen LogP contribution is 2.31. The first-order valence-electron chi connectivity index (χ1n) is 7.75. The van der Waals surface area contributed by atoms with Gasteiger partial charge in [0.25, 0.3) is 0 Å². The van der Waals surface area contributed by atoms with Gasteiger partial charge in [-0.15, -0.1) is 11.3 Å². The number of hydrogen-bond donors (Lipinski definition) is 2. The van der Waals surface area contributed by atoms with E-state index in [1.165, 1.54) is 22.4 Å². The van der Waals surface area contributed by atoms with Crippen LogP contribution in [0.5, 0.6) is 0 Å². The van der Waals surface area contributed by atoms with Crippen LogP contribution in [0, 0.1) is 6.92 Å². The van der Waals surface area contributed by atoms with E-state index in [0.717, 1.165) is 11.4 Å². The van der Waals surface area contributed by atoms with Crippen molar-refractivity contribution in [2.75, 3.05) is 11.9 Å². The van der Waals surface area contributed by atoms with Crippen LogP contribution in [0.3, 0.4) is 0 Å². The summed E-state index contributed by atoms with van der Waals surface area (Å²) in [6, 6.07) is 12.9. The van der Waals surface area contributed by atoms with Crippen molar-refractivity contribution in [3.8, 4) is 11.3 Å². The first kappa shape index (κ1) is 15.8. The largest absolute Gasteiger partial charge is 0.373 e. The summed E-state index contributed by atoms with van der Waals surface area (Å²) in [5.41, 5.74) is 10.8. The molecule has 0 saturated heterocycles. The normalized spacial score (nSPS) is 12.3. The zero-order valence-corrected chi connectivity index (χ0v) is 14.3. The van der Waals surface area contributed by atoms with Crippen molar-refractivity contribution in [2.24, 2.45) is 12.8 Å². The third-order valence-electron chi connectivity index (χ3n) is 3.95. The summed E-state index contributed by atoms with van der Waals surface area (Å²) < 4.78 is 1.92. The number of nitrogens with two attached hydrogens (primary N) is 1. The van der Waals surface area contributed by atoms with Crippen molar-refractivity contribution in [2.45, 2.75) is 19.4 Å². The van der Waals surface area contributed by atoms with Crippen molar-refractivity contribution >= 4 is 16.3 Å². The van der Waals surface area contributed by atoms with Crippen LogP contribution in [-0.2, 0) is 13.5 Å². The Balaban J connectivity index is 1.73. The van der Waals surface area contributed by atoms with Crippen molar-refractivity contribution in [3.63, 3.8) is 0 Å². The Hall–Kier alpha value is -2.11. The minimum atomic E-state index is 0.233. The maximum atomic E-state index is 5.95. The van der Waals surface area contributed by atoms with Gasteiger partial charge in [0.15, 0.2) is 0 Å². The van der Waals surface area contributed by atoms with Gasteiger partial charge in [0, 0.05) is 30.6 Å². The Morgan fingerprint density at radius 2 is 2.09 bits per heavy atom. The number of rotatable bonds is 6. The molecular formula is C18H22N4S. The van der Waals surface area contributed by atoms with E-state index < -0.39 is 0 Å². The zero-order chi connectivity index (χ0) is 16.2. The highest BCUT2D eigenvalue weighted by molar-refractivity contribution is 7.14. The van der Waals surface area contributed by atoms with Crippen molar-refractivity contribution in [1.82, 2.24) is 9.78 Å². The standard InChI is InChI=1S/C18H22N4S/c1-13-11-20-22(2)18(13)15-9-17(23-12-15)21-16(10-19)8-14-6-4-3-5-7-14/h3-7,9,11-12,16,21H,8,10,19H2,1-2H3. The SMILES string of the molecule is Cc1cnn(C)c1-c1csc(NC(CN)Cc2ccccc2)c1. The molecule has 0 aliphatic carbocycles. The summed E-state index contributed by atoms with van der Waals surface area (Å²) >= 11 is 1.71. The van der Waals surface area contributed by atoms with E-state index in [9.17, 15) is 0 Å². The minimum absolute atomic E-state index is 0.233. The van der Waals surface area contributed by atoms with E-state index >= 15 is 0 Å². The molecule has 0 saturated carbocycles. The average Bonchev–Trinajstić information content (AvgIpc) is 3.14. The van der Waals surface area contributed by atoms with Gasteiger partial charge in [-0.2, -0.15) is 5.10 Å². The maximum absolute atomic E-state index is 5.95. The van der Waals surface area contributed by atoms with Gasteiger partial charge in [-0.1, -0.05) is 30.3 Å². The van der Waals surface area contributed by atoms with Crippen molar-refractivity contribution in [1.29, 1.82) is 0 Å². The summed E-state index contributed by atoms with van der Waals surface area (Å²) in [6.45, 7) is 2.69. The van der Waals surface area contributed by atoms with Crippen LogP contribution in [0.1, 0.15) is 11.1 Å². The number of aromatic nitrogens is 2. The third-order valence-corrected chi connectivity index (χ3v) is 4.81. The second-order valence-corrected chi connectivity index (χ2v) is 6.68. The second-order valence-electron chi connectivity index (χ2n) is 5.77. The Kier molecular flexibility index (Phi) is 4.79. The van der Waals surface area contributed by atoms with Crippen molar-refractivity contribution < 1.29 is 0 Å². The van der Waals surface area contributed by atoms with E-state index in [1.54, 1.807) is 11.3 Å². The molecule has 4 nitrogen and oxygen atoms in total. The minimum Gasteiger partial charge on any atom is -0.373 e. The summed E-state index contributed by atoms with van der Waals surface area (Å²) in [4.78, 5) is 0. The van der Waals surface area contributed by atoms with Gasteiger partial charge >= 0.3 is 0 Å². The molecule has 0 amide bonds. The molecule has 2 heterocycles. The molecule has 1 aromatic carbocycles. The fraction of sp³-hybridized carbons (Fsp3) is 0.278. The molecule has 1 unspecified atom stereocenters. The zero-order valence-electron chi connectivity index (χ0n) is 13.5. The molecule has 2 aromatic heterocycles. The molecule has 5 heteroatoms. The van der Waals surface area contributed by atoms with Gasteiger partial charge in [0.05, 0.1) is 16.9 Å². The molecule has 0 aliphatic heterocycles. The lowest BCUT2D eigenvalue weighted by atomic mass is 10.1. The monoisotopic (exact) mass is 326 g/mol. The van der Waals surface area contributed by atoms with Gasteiger partial charge in [-0.3, -0.25) is 4.68 Å². The molecule has 0 radical (unpaired) electrons. The fourth-order valence-electron chi connectivity index (χ4n) is 2.79. The van der Waals surface area contributed by atoms with Crippen LogP contribution in [0.15, 0.2) is 48.0 Å². The molecule has 0 fully saturated rings. The summed E-state index contributed by atoms with van der Waals surface area (Å²) in [5, 5.41) is 11.2. The van der Waals surface area contributed by atoms with Crippen LogP contribution >= 0.6 is 11.3 Å². The van der Waals surface area contributed by atoms with Crippen LogP contribution in [0.4, 0.5) is 5.00 Å². The van der Waals surface area contributed by atoms with Gasteiger partial charge < -0.3 is 11.1 Å². The Morgan fingerprint density at radius 3 is 2.74 bits per heavy atom. The predicted octanol–water partition coefficient (Wildman–Crippen LogP) is 3.44. The lowest BCUT2D eigenvalue weighted by Gasteiger charge is -2.16. The fourth-order valence-corrected chi connectivity index (χ4v) is 3.65. The smallest absolute Gasteiger partial charge is 0.0892 e. The van der Waals surface area contributed by atoms with E-state index in [4.69, 9.17) is 5.73 Å². The van der Waals surface area contributed by atoms with E-state index in [2.05, 4.69) is 53.1 Å². The number of nitrogens with zero attached hydrogens (tertiary/aromatic N) is 2. The van der Waals surface area contributed by atoms with Gasteiger partial charge in [0.1, 0.15) is 0 Å². The highest BCUT2D eigenvalue weighted by atomic mass is 32.1. The summed E-state index contributed by atoms with van der Waals surface area (Å²) in [7, 11) is 1.98. The van der Waals surface area contributed by atoms with Crippen molar-refractivity contribution in [3.05, 3.63) is 59.1 Å². The number of anilines is 1. The van der Waals surface area contributed by atoms with Gasteiger partial charge in [-0.25, -0.2) is 0 Å². The number of thiophene rings is 1. The molecule has 0 bridgehead atoms. The number of nitrogens with one attached hydrogen (secondary N) is 1.